The highest BCUT2D eigenvalue weighted by molar-refractivity contribution is 5.34. The third-order valence-electron chi connectivity index (χ3n) is 2.48. The van der Waals surface area contributed by atoms with Crippen LogP contribution in [-0.2, 0) is 13.1 Å². The van der Waals surface area contributed by atoms with E-state index >= 15 is 0 Å². The van der Waals surface area contributed by atoms with Crippen molar-refractivity contribution in [3.63, 3.8) is 0 Å². The summed E-state index contributed by atoms with van der Waals surface area (Å²) in [5, 5.41) is 7.95. The van der Waals surface area contributed by atoms with Crippen molar-refractivity contribution in [3.05, 3.63) is 24.4 Å². The minimum Gasteiger partial charge on any atom is -0.381 e. The standard InChI is InChI=1S/C10H16N6/c1-8(2)9-10(11)13-14-16(9)6-5-15-4-3-12-7-15/h3-4,7-8H,5-6,11H2,1-2H3. The van der Waals surface area contributed by atoms with E-state index in [9.17, 15) is 0 Å². The Morgan fingerprint density at radius 3 is 2.81 bits per heavy atom. The maximum atomic E-state index is 5.78. The molecule has 0 saturated heterocycles. The highest BCUT2D eigenvalue weighted by atomic mass is 15.4. The van der Waals surface area contributed by atoms with Gasteiger partial charge in [-0.3, -0.25) is 0 Å². The molecule has 0 spiro atoms. The summed E-state index contributed by atoms with van der Waals surface area (Å²) in [7, 11) is 0. The van der Waals surface area contributed by atoms with E-state index in [-0.39, 0.29) is 0 Å². The van der Waals surface area contributed by atoms with E-state index in [1.165, 1.54) is 0 Å². The van der Waals surface area contributed by atoms with Crippen LogP contribution in [0.2, 0.25) is 0 Å². The second-order valence-electron chi connectivity index (χ2n) is 4.04. The predicted molar refractivity (Wildman–Crippen MR) is 60.8 cm³/mol. The number of nitrogens with zero attached hydrogens (tertiary/aromatic N) is 5. The topological polar surface area (TPSA) is 74.5 Å². The summed E-state index contributed by atoms with van der Waals surface area (Å²) < 4.78 is 3.86. The van der Waals surface area contributed by atoms with Gasteiger partial charge < -0.3 is 10.3 Å². The van der Waals surface area contributed by atoms with Gasteiger partial charge in [0, 0.05) is 18.9 Å². The van der Waals surface area contributed by atoms with Gasteiger partial charge in [-0.15, -0.1) is 5.10 Å². The van der Waals surface area contributed by atoms with Gasteiger partial charge in [-0.05, 0) is 5.92 Å². The van der Waals surface area contributed by atoms with Crippen LogP contribution in [0.4, 0.5) is 5.82 Å². The molecule has 6 nitrogen and oxygen atoms in total. The highest BCUT2D eigenvalue weighted by Crippen LogP contribution is 2.18. The molecule has 0 aliphatic carbocycles. The van der Waals surface area contributed by atoms with Crippen molar-refractivity contribution >= 4 is 5.82 Å². The van der Waals surface area contributed by atoms with Crippen molar-refractivity contribution < 1.29 is 0 Å². The maximum Gasteiger partial charge on any atom is 0.169 e. The van der Waals surface area contributed by atoms with Crippen LogP contribution in [-0.4, -0.2) is 24.5 Å². The average molecular weight is 220 g/mol. The first kappa shape index (κ1) is 10.7. The molecule has 0 aliphatic rings. The van der Waals surface area contributed by atoms with Gasteiger partial charge in [0.1, 0.15) is 0 Å². The summed E-state index contributed by atoms with van der Waals surface area (Å²) in [6, 6.07) is 0. The zero-order valence-electron chi connectivity index (χ0n) is 9.54. The highest BCUT2D eigenvalue weighted by Gasteiger charge is 2.13. The van der Waals surface area contributed by atoms with Crippen LogP contribution < -0.4 is 5.73 Å². The lowest BCUT2D eigenvalue weighted by Crippen LogP contribution is -2.12. The minimum absolute atomic E-state index is 0.331. The lowest BCUT2D eigenvalue weighted by molar-refractivity contribution is 0.495. The van der Waals surface area contributed by atoms with Crippen LogP contribution in [0.25, 0.3) is 0 Å². The van der Waals surface area contributed by atoms with E-state index in [0.29, 0.717) is 11.7 Å². The summed E-state index contributed by atoms with van der Waals surface area (Å²) in [5.74, 6) is 0.860. The van der Waals surface area contributed by atoms with Crippen molar-refractivity contribution in [2.45, 2.75) is 32.9 Å². The predicted octanol–water partition coefficient (Wildman–Crippen LogP) is 0.880. The summed E-state index contributed by atoms with van der Waals surface area (Å²) in [6.45, 7) is 5.75. The molecule has 0 radical (unpaired) electrons. The van der Waals surface area contributed by atoms with Gasteiger partial charge in [-0.2, -0.15) is 0 Å². The molecule has 0 bridgehead atoms. The number of rotatable bonds is 4. The number of imidazole rings is 1. The molecule has 2 aromatic rings. The fourth-order valence-corrected chi connectivity index (χ4v) is 1.72. The van der Waals surface area contributed by atoms with Crippen molar-refractivity contribution in [2.75, 3.05) is 5.73 Å². The van der Waals surface area contributed by atoms with Gasteiger partial charge >= 0.3 is 0 Å². The molecule has 86 valence electrons. The first-order chi connectivity index (χ1) is 7.68. The molecule has 2 heterocycles. The van der Waals surface area contributed by atoms with Crippen LogP contribution in [0.3, 0.4) is 0 Å². The lowest BCUT2D eigenvalue weighted by atomic mass is 10.1. The molecule has 0 fully saturated rings. The van der Waals surface area contributed by atoms with E-state index in [1.54, 1.807) is 12.5 Å². The van der Waals surface area contributed by atoms with Gasteiger partial charge in [-0.25, -0.2) is 9.67 Å². The van der Waals surface area contributed by atoms with Gasteiger partial charge in [0.15, 0.2) is 5.82 Å². The molecule has 2 N–H and O–H groups in total. The molecule has 0 unspecified atom stereocenters. The van der Waals surface area contributed by atoms with E-state index in [1.807, 2.05) is 15.4 Å². The normalized spacial score (nSPS) is 11.2. The largest absolute Gasteiger partial charge is 0.381 e. The van der Waals surface area contributed by atoms with Crippen molar-refractivity contribution in [1.29, 1.82) is 0 Å². The van der Waals surface area contributed by atoms with Gasteiger partial charge in [-0.1, -0.05) is 19.1 Å². The first-order valence-electron chi connectivity index (χ1n) is 5.33. The molecule has 16 heavy (non-hydrogen) atoms. The van der Waals surface area contributed by atoms with Crippen LogP contribution in [0.15, 0.2) is 18.7 Å². The Labute approximate surface area is 94.1 Å². The number of hydrogen-bond donors (Lipinski definition) is 1. The zero-order chi connectivity index (χ0) is 11.5. The van der Waals surface area contributed by atoms with Gasteiger partial charge in [0.05, 0.1) is 18.6 Å². The number of hydrogen-bond acceptors (Lipinski definition) is 4. The third-order valence-corrected chi connectivity index (χ3v) is 2.48. The van der Waals surface area contributed by atoms with Crippen LogP contribution in [0.1, 0.15) is 25.5 Å². The number of aromatic nitrogens is 5. The van der Waals surface area contributed by atoms with E-state index in [4.69, 9.17) is 5.73 Å². The second-order valence-corrected chi connectivity index (χ2v) is 4.04. The summed E-state index contributed by atoms with van der Waals surface area (Å²) >= 11 is 0. The van der Waals surface area contributed by atoms with Crippen LogP contribution >= 0.6 is 0 Å². The molecule has 0 amide bonds. The first-order valence-corrected chi connectivity index (χ1v) is 5.33. The van der Waals surface area contributed by atoms with E-state index in [0.717, 1.165) is 18.8 Å². The Balaban J connectivity index is 2.10. The molecule has 0 aromatic carbocycles. The van der Waals surface area contributed by atoms with Gasteiger partial charge in [0.25, 0.3) is 0 Å². The fourth-order valence-electron chi connectivity index (χ4n) is 1.72. The van der Waals surface area contributed by atoms with Crippen molar-refractivity contribution in [1.82, 2.24) is 24.5 Å². The number of aryl methyl sites for hydroxylation is 2. The monoisotopic (exact) mass is 220 g/mol. The minimum atomic E-state index is 0.331. The SMILES string of the molecule is CC(C)c1c(N)nnn1CCn1ccnc1. The molecule has 2 aromatic heterocycles. The Hall–Kier alpha value is -1.85. The molecule has 0 atom stereocenters. The fraction of sp³-hybridized carbons (Fsp3) is 0.500. The summed E-state index contributed by atoms with van der Waals surface area (Å²) in [4.78, 5) is 3.99. The van der Waals surface area contributed by atoms with Crippen molar-refractivity contribution in [3.8, 4) is 0 Å². The average Bonchev–Trinajstić information content (AvgIpc) is 2.83. The number of nitrogens with two attached hydrogens (primary N) is 1. The van der Waals surface area contributed by atoms with Crippen LogP contribution in [0, 0.1) is 0 Å². The molecular weight excluding hydrogens is 204 g/mol. The quantitative estimate of drug-likeness (QED) is 0.830. The summed E-state index contributed by atoms with van der Waals surface area (Å²) in [6.07, 6.45) is 5.48. The van der Waals surface area contributed by atoms with E-state index < -0.39 is 0 Å². The molecule has 0 aliphatic heterocycles. The van der Waals surface area contributed by atoms with Crippen LogP contribution in [0.5, 0.6) is 0 Å². The number of nitrogen functional groups attached to an aromatic ring is 1. The Kier molecular flexibility index (Phi) is 2.89. The zero-order valence-corrected chi connectivity index (χ0v) is 9.54. The molecule has 6 heteroatoms. The number of anilines is 1. The van der Waals surface area contributed by atoms with E-state index in [2.05, 4.69) is 29.1 Å². The summed E-state index contributed by atoms with van der Waals surface area (Å²) in [5.41, 5.74) is 6.78. The Morgan fingerprint density at radius 1 is 1.38 bits per heavy atom. The third kappa shape index (κ3) is 2.05. The lowest BCUT2D eigenvalue weighted by Gasteiger charge is -2.09. The maximum absolute atomic E-state index is 5.78. The second kappa shape index (κ2) is 4.34. The Morgan fingerprint density at radius 2 is 2.19 bits per heavy atom. The molecule has 2 rings (SSSR count). The molecular formula is C10H16N6. The smallest absolute Gasteiger partial charge is 0.169 e. The Bertz CT molecular complexity index is 442. The van der Waals surface area contributed by atoms with Crippen molar-refractivity contribution in [2.24, 2.45) is 0 Å². The van der Waals surface area contributed by atoms with Gasteiger partial charge in [0.2, 0.25) is 0 Å². The molecule has 0 saturated carbocycles.